The first-order valence-electron chi connectivity index (χ1n) is 10.4. The Morgan fingerprint density at radius 3 is 2.27 bits per heavy atom. The first kappa shape index (κ1) is 22.6. The van der Waals surface area contributed by atoms with Gasteiger partial charge in [0.05, 0.1) is 0 Å². The van der Waals surface area contributed by atoms with Crippen molar-refractivity contribution in [3.63, 3.8) is 0 Å². The number of benzene rings is 1. The van der Waals surface area contributed by atoms with Crippen LogP contribution in [-0.4, -0.2) is 58.2 Å². The number of aromatic nitrogens is 3. The predicted octanol–water partition coefficient (Wildman–Crippen LogP) is 2.14. The van der Waals surface area contributed by atoms with E-state index in [4.69, 9.17) is 4.74 Å². The monoisotopic (exact) mass is 465 g/mol. The summed E-state index contributed by atoms with van der Waals surface area (Å²) in [5.41, 5.74) is -0.00961. The number of nitrogens with one attached hydrogen (secondary N) is 4. The predicted molar refractivity (Wildman–Crippen MR) is 111 cm³/mol. The number of nitrogens with zero attached hydrogens (tertiary/aromatic N) is 3. The second kappa shape index (κ2) is 9.08. The van der Waals surface area contributed by atoms with Gasteiger partial charge in [0.2, 0.25) is 17.8 Å². The smallest absolute Gasteiger partial charge is 0.422 e. The second-order valence-electron chi connectivity index (χ2n) is 7.80. The molecule has 4 bridgehead atoms. The molecule has 10 nitrogen and oxygen atoms in total. The highest BCUT2D eigenvalue weighted by atomic mass is 19.4. The molecule has 2 aliphatic heterocycles. The number of rotatable bonds is 2. The molecule has 1 aromatic carbocycles. The lowest BCUT2D eigenvalue weighted by Crippen LogP contribution is -2.42. The molecule has 3 heterocycles. The lowest BCUT2D eigenvalue weighted by atomic mass is 10.2. The summed E-state index contributed by atoms with van der Waals surface area (Å²) in [5, 5.41) is 11.4. The Morgan fingerprint density at radius 1 is 0.939 bits per heavy atom. The Bertz CT molecular complexity index is 1030. The van der Waals surface area contributed by atoms with E-state index in [-0.39, 0.29) is 23.7 Å². The fourth-order valence-electron chi connectivity index (χ4n) is 3.19. The van der Waals surface area contributed by atoms with Gasteiger partial charge in [0, 0.05) is 24.3 Å². The van der Waals surface area contributed by atoms with Crippen molar-refractivity contribution in [3.05, 3.63) is 29.8 Å². The van der Waals surface area contributed by atoms with Crippen LogP contribution in [0.4, 0.5) is 30.8 Å². The molecular weight excluding hydrogens is 443 g/mol. The van der Waals surface area contributed by atoms with Crippen LogP contribution in [0.2, 0.25) is 0 Å². The summed E-state index contributed by atoms with van der Waals surface area (Å²) in [4.78, 5) is 36.9. The van der Waals surface area contributed by atoms with Crippen LogP contribution in [0.5, 0.6) is 6.01 Å². The van der Waals surface area contributed by atoms with Gasteiger partial charge in [-0.2, -0.15) is 28.1 Å². The number of anilines is 3. The normalized spacial score (nSPS) is 18.3. The second-order valence-corrected chi connectivity index (χ2v) is 7.80. The van der Waals surface area contributed by atoms with Gasteiger partial charge in [-0.1, -0.05) is 0 Å². The lowest BCUT2D eigenvalue weighted by Gasteiger charge is -2.18. The molecule has 33 heavy (non-hydrogen) atoms. The van der Waals surface area contributed by atoms with Crippen LogP contribution < -0.4 is 26.0 Å². The summed E-state index contributed by atoms with van der Waals surface area (Å²) < 4.78 is 42.6. The first-order valence-corrected chi connectivity index (χ1v) is 10.4. The Morgan fingerprint density at radius 2 is 1.61 bits per heavy atom. The third kappa shape index (κ3) is 5.99. The van der Waals surface area contributed by atoms with E-state index in [2.05, 4.69) is 36.2 Å². The van der Waals surface area contributed by atoms with E-state index < -0.39 is 24.3 Å². The van der Waals surface area contributed by atoms with E-state index in [1.165, 1.54) is 0 Å². The number of carbonyl (C=O) groups excluding carboxylic acids is 2. The number of fused-ring (bicyclic) bond motifs is 9. The Hall–Kier alpha value is -3.64. The zero-order chi connectivity index (χ0) is 23.5. The van der Waals surface area contributed by atoms with E-state index in [1.54, 1.807) is 24.3 Å². The van der Waals surface area contributed by atoms with Crippen LogP contribution in [-0.2, 0) is 4.79 Å². The maximum atomic E-state index is 12.6. The molecule has 0 atom stereocenters. The van der Waals surface area contributed by atoms with Gasteiger partial charge in [-0.3, -0.25) is 9.59 Å². The van der Waals surface area contributed by atoms with Crippen LogP contribution in [0.1, 0.15) is 36.0 Å². The van der Waals surface area contributed by atoms with Crippen LogP contribution in [0.25, 0.3) is 0 Å². The third-order valence-corrected chi connectivity index (χ3v) is 5.09. The number of amides is 2. The SMILES string of the molecule is O=C1NCCCCNC(=O)C2(CC2)Nc2nc(nc(OCC(F)(F)F)n2)Nc2ccc1cc2. The van der Waals surface area contributed by atoms with Crippen LogP contribution in [0.3, 0.4) is 0 Å². The molecule has 13 heteroatoms. The Balaban J connectivity index is 1.63. The van der Waals surface area contributed by atoms with Gasteiger partial charge >= 0.3 is 12.2 Å². The Labute approximate surface area is 186 Å². The van der Waals surface area contributed by atoms with E-state index in [9.17, 15) is 22.8 Å². The molecule has 2 aromatic rings. The van der Waals surface area contributed by atoms with Gasteiger partial charge in [0.25, 0.3) is 5.91 Å². The van der Waals surface area contributed by atoms with Crippen molar-refractivity contribution >= 4 is 29.4 Å². The summed E-state index contributed by atoms with van der Waals surface area (Å²) in [6, 6.07) is 5.87. The number of halogens is 3. The summed E-state index contributed by atoms with van der Waals surface area (Å²) in [7, 11) is 0. The fraction of sp³-hybridized carbons (Fsp3) is 0.450. The van der Waals surface area contributed by atoms with Crippen molar-refractivity contribution in [1.29, 1.82) is 0 Å². The summed E-state index contributed by atoms with van der Waals surface area (Å²) >= 11 is 0. The summed E-state index contributed by atoms with van der Waals surface area (Å²) in [6.45, 7) is -0.691. The topological polar surface area (TPSA) is 130 Å². The zero-order valence-corrected chi connectivity index (χ0v) is 17.5. The van der Waals surface area contributed by atoms with Crippen molar-refractivity contribution in [2.24, 2.45) is 0 Å². The van der Waals surface area contributed by atoms with Crippen LogP contribution in [0.15, 0.2) is 24.3 Å². The molecule has 0 unspecified atom stereocenters. The molecule has 1 saturated carbocycles. The quantitative estimate of drug-likeness (QED) is 0.531. The lowest BCUT2D eigenvalue weighted by molar-refractivity contribution is -0.154. The fourth-order valence-corrected chi connectivity index (χ4v) is 3.19. The molecule has 4 N–H and O–H groups in total. The highest BCUT2D eigenvalue weighted by Gasteiger charge is 2.50. The number of carbonyl (C=O) groups is 2. The van der Waals surface area contributed by atoms with Crippen LogP contribution >= 0.6 is 0 Å². The number of alkyl halides is 3. The first-order chi connectivity index (χ1) is 15.7. The van der Waals surface area contributed by atoms with E-state index in [0.29, 0.717) is 50.0 Å². The van der Waals surface area contributed by atoms with Gasteiger partial charge in [-0.15, -0.1) is 0 Å². The molecule has 176 valence electrons. The molecule has 5 rings (SSSR count). The molecule has 3 aliphatic rings. The van der Waals surface area contributed by atoms with E-state index in [1.807, 2.05) is 0 Å². The van der Waals surface area contributed by atoms with Gasteiger partial charge in [0.1, 0.15) is 5.54 Å². The molecular formula is C20H22F3N7O3. The van der Waals surface area contributed by atoms with Crippen molar-refractivity contribution in [1.82, 2.24) is 25.6 Å². The highest BCUT2D eigenvalue weighted by Crippen LogP contribution is 2.39. The third-order valence-electron chi connectivity index (χ3n) is 5.09. The zero-order valence-electron chi connectivity index (χ0n) is 17.5. The average molecular weight is 465 g/mol. The molecule has 1 aromatic heterocycles. The maximum absolute atomic E-state index is 12.6. The average Bonchev–Trinajstić information content (AvgIpc) is 3.54. The van der Waals surface area contributed by atoms with E-state index in [0.717, 1.165) is 0 Å². The van der Waals surface area contributed by atoms with E-state index >= 15 is 0 Å². The van der Waals surface area contributed by atoms with Crippen molar-refractivity contribution in [2.75, 3.05) is 30.3 Å². The minimum Gasteiger partial charge on any atom is -0.454 e. The largest absolute Gasteiger partial charge is 0.454 e. The molecule has 2 amide bonds. The molecule has 0 radical (unpaired) electrons. The highest BCUT2D eigenvalue weighted by molar-refractivity contribution is 5.94. The van der Waals surface area contributed by atoms with Crippen LogP contribution in [0, 0.1) is 0 Å². The molecule has 1 fully saturated rings. The summed E-state index contributed by atoms with van der Waals surface area (Å²) in [6.07, 6.45) is -2.20. The number of hydrogen-bond donors (Lipinski definition) is 4. The molecule has 0 saturated heterocycles. The van der Waals surface area contributed by atoms with Gasteiger partial charge in [-0.05, 0) is 49.9 Å². The van der Waals surface area contributed by atoms with Crippen molar-refractivity contribution in [2.45, 2.75) is 37.4 Å². The summed E-state index contributed by atoms with van der Waals surface area (Å²) in [5.74, 6) is -0.665. The molecule has 1 spiro atoms. The minimum absolute atomic E-state index is 0.0841. The maximum Gasteiger partial charge on any atom is 0.422 e. The Kier molecular flexibility index (Phi) is 6.20. The van der Waals surface area contributed by atoms with Crippen molar-refractivity contribution < 1.29 is 27.5 Å². The minimum atomic E-state index is -4.58. The van der Waals surface area contributed by atoms with Gasteiger partial charge < -0.3 is 26.0 Å². The number of hydrogen-bond acceptors (Lipinski definition) is 8. The number of ether oxygens (including phenoxy) is 1. The van der Waals surface area contributed by atoms with Crippen molar-refractivity contribution in [3.8, 4) is 6.01 Å². The molecule has 1 aliphatic carbocycles. The van der Waals surface area contributed by atoms with Gasteiger partial charge in [0.15, 0.2) is 6.61 Å². The standard InChI is InChI=1S/C20H22F3N7O3/c21-20(22,23)11-33-18-28-16-26-13-5-3-12(4-6-13)14(31)24-9-1-2-10-25-15(32)19(7-8-19)30-17(27-16)29-18/h3-6H,1-2,7-11H2,(H,24,31)(H,25,32)(H2,26,27,28,29,30). The van der Waals surface area contributed by atoms with Gasteiger partial charge in [-0.25, -0.2) is 0 Å².